The van der Waals surface area contributed by atoms with Gasteiger partial charge in [-0.3, -0.25) is 9.59 Å². The number of imide groups is 1. The molecule has 0 saturated carbocycles. The molecule has 1 N–H and O–H groups in total. The van der Waals surface area contributed by atoms with E-state index in [2.05, 4.69) is 30.1 Å². The Morgan fingerprint density at radius 2 is 1.56 bits per heavy atom. The third-order valence-electron chi connectivity index (χ3n) is 5.58. The molecule has 2 heterocycles. The predicted octanol–water partition coefficient (Wildman–Crippen LogP) is 5.61. The lowest BCUT2D eigenvalue weighted by atomic mass is 10.1. The van der Waals surface area contributed by atoms with Crippen molar-refractivity contribution >= 4 is 45.8 Å². The quantitative estimate of drug-likeness (QED) is 0.481. The number of aryl methyl sites for hydroxylation is 2. The number of benzene rings is 2. The van der Waals surface area contributed by atoms with Crippen molar-refractivity contribution in [3.8, 4) is 0 Å². The van der Waals surface area contributed by atoms with Crippen LogP contribution in [-0.4, -0.2) is 24.9 Å². The van der Waals surface area contributed by atoms with Gasteiger partial charge < -0.3 is 10.2 Å². The Bertz CT molecular complexity index is 1160. The van der Waals surface area contributed by atoms with Gasteiger partial charge in [0.15, 0.2) is 0 Å². The van der Waals surface area contributed by atoms with Crippen LogP contribution in [0.15, 0.2) is 65.7 Å². The van der Waals surface area contributed by atoms with E-state index in [1.54, 1.807) is 0 Å². The molecule has 6 heteroatoms. The van der Waals surface area contributed by atoms with Crippen LogP contribution in [0.5, 0.6) is 0 Å². The number of carbonyl (C=O) groups excluding carboxylic acids is 2. The average Bonchev–Trinajstić information content (AvgIpc) is 3.36. The van der Waals surface area contributed by atoms with Gasteiger partial charge in [0, 0.05) is 29.3 Å². The summed E-state index contributed by atoms with van der Waals surface area (Å²) in [5.74, 6) is -0.645. The summed E-state index contributed by atoms with van der Waals surface area (Å²) in [5, 5.41) is 5.17. The minimum absolute atomic E-state index is 0.306. The molecule has 0 radical (unpaired) electrons. The SMILES string of the molecule is CCN(CC)c1ccc(N2C(=O)C(Nc3cc(C)cc(C)c3)=C(c3cccs3)C2=O)cc1. The Labute approximate surface area is 193 Å². The molecule has 1 aliphatic rings. The van der Waals surface area contributed by atoms with E-state index in [4.69, 9.17) is 0 Å². The zero-order valence-electron chi connectivity index (χ0n) is 18.8. The summed E-state index contributed by atoms with van der Waals surface area (Å²) in [6.45, 7) is 10.0. The third-order valence-corrected chi connectivity index (χ3v) is 6.47. The number of nitrogens with one attached hydrogen (secondary N) is 1. The molecule has 0 aliphatic carbocycles. The first kappa shape index (κ1) is 21.8. The highest BCUT2D eigenvalue weighted by atomic mass is 32.1. The van der Waals surface area contributed by atoms with E-state index in [9.17, 15) is 9.59 Å². The summed E-state index contributed by atoms with van der Waals surface area (Å²) in [5.41, 5.74) is 5.34. The fourth-order valence-electron chi connectivity index (χ4n) is 4.12. The van der Waals surface area contributed by atoms with Crippen LogP contribution in [0.25, 0.3) is 5.57 Å². The van der Waals surface area contributed by atoms with Gasteiger partial charge in [-0.15, -0.1) is 11.3 Å². The maximum atomic E-state index is 13.5. The summed E-state index contributed by atoms with van der Waals surface area (Å²) in [7, 11) is 0. The fourth-order valence-corrected chi connectivity index (χ4v) is 4.89. The number of carbonyl (C=O) groups is 2. The first-order valence-corrected chi connectivity index (χ1v) is 11.7. The van der Waals surface area contributed by atoms with Gasteiger partial charge >= 0.3 is 0 Å². The van der Waals surface area contributed by atoms with E-state index >= 15 is 0 Å². The van der Waals surface area contributed by atoms with Gasteiger partial charge in [0.2, 0.25) is 0 Å². The summed E-state index contributed by atoms with van der Waals surface area (Å²) < 4.78 is 0. The van der Waals surface area contributed by atoms with Crippen LogP contribution < -0.4 is 15.1 Å². The van der Waals surface area contributed by atoms with Crippen molar-refractivity contribution in [2.75, 3.05) is 28.2 Å². The Balaban J connectivity index is 1.72. The Morgan fingerprint density at radius 1 is 0.906 bits per heavy atom. The van der Waals surface area contributed by atoms with Crippen molar-refractivity contribution in [3.05, 3.63) is 81.7 Å². The van der Waals surface area contributed by atoms with Gasteiger partial charge in [-0.1, -0.05) is 12.1 Å². The molecule has 3 aromatic rings. The van der Waals surface area contributed by atoms with Gasteiger partial charge in [0.05, 0.1) is 11.3 Å². The van der Waals surface area contributed by atoms with Crippen LogP contribution in [0.3, 0.4) is 0 Å². The average molecular weight is 446 g/mol. The molecule has 1 aliphatic heterocycles. The second-order valence-electron chi connectivity index (χ2n) is 7.86. The van der Waals surface area contributed by atoms with Crippen LogP contribution in [0.4, 0.5) is 17.1 Å². The number of amides is 2. The molecule has 1 aromatic heterocycles. The maximum absolute atomic E-state index is 13.5. The second-order valence-corrected chi connectivity index (χ2v) is 8.81. The summed E-state index contributed by atoms with van der Waals surface area (Å²) >= 11 is 1.45. The second kappa shape index (κ2) is 9.01. The highest BCUT2D eigenvalue weighted by Gasteiger charge is 2.40. The molecule has 32 heavy (non-hydrogen) atoms. The number of thiophene rings is 1. The normalized spacial score (nSPS) is 13.8. The molecule has 4 rings (SSSR count). The van der Waals surface area contributed by atoms with Crippen LogP contribution in [-0.2, 0) is 9.59 Å². The van der Waals surface area contributed by atoms with Crippen molar-refractivity contribution < 1.29 is 9.59 Å². The largest absolute Gasteiger partial charge is 0.372 e. The Morgan fingerprint density at radius 3 is 2.12 bits per heavy atom. The third kappa shape index (κ3) is 4.06. The van der Waals surface area contributed by atoms with E-state index in [1.165, 1.54) is 16.2 Å². The Kier molecular flexibility index (Phi) is 6.15. The summed E-state index contributed by atoms with van der Waals surface area (Å²) in [6, 6.07) is 17.4. The van der Waals surface area contributed by atoms with E-state index in [0.29, 0.717) is 17.0 Å². The molecule has 0 bridgehead atoms. The van der Waals surface area contributed by atoms with Crippen molar-refractivity contribution in [1.82, 2.24) is 0 Å². The number of anilines is 3. The number of hydrogen-bond acceptors (Lipinski definition) is 5. The number of rotatable bonds is 7. The summed E-state index contributed by atoms with van der Waals surface area (Å²) in [6.07, 6.45) is 0. The predicted molar refractivity (Wildman–Crippen MR) is 133 cm³/mol. The molecular formula is C26H27N3O2S. The molecule has 2 amide bonds. The molecule has 0 atom stereocenters. The molecule has 0 spiro atoms. The zero-order chi connectivity index (χ0) is 22.8. The highest BCUT2D eigenvalue weighted by Crippen LogP contribution is 2.36. The van der Waals surface area contributed by atoms with E-state index in [0.717, 1.165) is 40.5 Å². The number of hydrogen-bond donors (Lipinski definition) is 1. The number of nitrogens with zero attached hydrogens (tertiary/aromatic N) is 2. The lowest BCUT2D eigenvalue weighted by Crippen LogP contribution is -2.32. The van der Waals surface area contributed by atoms with Crippen LogP contribution >= 0.6 is 11.3 Å². The van der Waals surface area contributed by atoms with Crippen LogP contribution in [0.2, 0.25) is 0 Å². The van der Waals surface area contributed by atoms with Gasteiger partial charge in [-0.25, -0.2) is 4.90 Å². The minimum atomic E-state index is -0.340. The van der Waals surface area contributed by atoms with Crippen LogP contribution in [0, 0.1) is 13.8 Å². The van der Waals surface area contributed by atoms with E-state index in [-0.39, 0.29) is 11.8 Å². The van der Waals surface area contributed by atoms with Crippen molar-refractivity contribution in [3.63, 3.8) is 0 Å². The van der Waals surface area contributed by atoms with Crippen molar-refractivity contribution in [2.24, 2.45) is 0 Å². The molecule has 2 aromatic carbocycles. The lowest BCUT2D eigenvalue weighted by Gasteiger charge is -2.22. The molecule has 5 nitrogen and oxygen atoms in total. The zero-order valence-corrected chi connectivity index (χ0v) is 19.6. The smallest absolute Gasteiger partial charge is 0.282 e. The Hall–Kier alpha value is -3.38. The first-order valence-electron chi connectivity index (χ1n) is 10.8. The topological polar surface area (TPSA) is 52.6 Å². The monoisotopic (exact) mass is 445 g/mol. The molecule has 0 fully saturated rings. The fraction of sp³-hybridized carbons (Fsp3) is 0.231. The van der Waals surface area contributed by atoms with E-state index < -0.39 is 0 Å². The minimum Gasteiger partial charge on any atom is -0.372 e. The molecule has 0 unspecified atom stereocenters. The first-order chi connectivity index (χ1) is 15.4. The van der Waals surface area contributed by atoms with Crippen molar-refractivity contribution in [1.29, 1.82) is 0 Å². The summed E-state index contributed by atoms with van der Waals surface area (Å²) in [4.78, 5) is 31.3. The molecular weight excluding hydrogens is 418 g/mol. The van der Waals surface area contributed by atoms with Gasteiger partial charge in [0.25, 0.3) is 11.8 Å². The molecule has 164 valence electrons. The van der Waals surface area contributed by atoms with E-state index in [1.807, 2.05) is 67.8 Å². The van der Waals surface area contributed by atoms with Gasteiger partial charge in [0.1, 0.15) is 5.70 Å². The lowest BCUT2D eigenvalue weighted by molar-refractivity contribution is -0.120. The van der Waals surface area contributed by atoms with Gasteiger partial charge in [-0.2, -0.15) is 0 Å². The standard InChI is InChI=1S/C26H27N3O2S/c1-5-28(6-2)20-9-11-21(12-10-20)29-25(30)23(22-8-7-13-32-22)24(26(29)31)27-19-15-17(3)14-18(4)16-19/h7-16,27H,5-6H2,1-4H3. The van der Waals surface area contributed by atoms with Crippen molar-refractivity contribution in [2.45, 2.75) is 27.7 Å². The maximum Gasteiger partial charge on any atom is 0.282 e. The van der Waals surface area contributed by atoms with Crippen LogP contribution in [0.1, 0.15) is 29.9 Å². The molecule has 0 saturated heterocycles. The highest BCUT2D eigenvalue weighted by molar-refractivity contribution is 7.11. The van der Waals surface area contributed by atoms with Gasteiger partial charge in [-0.05, 0) is 86.7 Å².